The Morgan fingerprint density at radius 3 is 2.47 bits per heavy atom. The fraction of sp³-hybridized carbons (Fsp3) is 0.458. The van der Waals surface area contributed by atoms with Gasteiger partial charge in [-0.15, -0.1) is 0 Å². The molecule has 9 nitrogen and oxygen atoms in total. The van der Waals surface area contributed by atoms with E-state index in [4.69, 9.17) is 9.47 Å². The number of sulfonamides is 1. The lowest BCUT2D eigenvalue weighted by Crippen LogP contribution is -2.47. The maximum atomic E-state index is 12.8. The minimum atomic E-state index is -3.68. The van der Waals surface area contributed by atoms with E-state index >= 15 is 0 Å². The van der Waals surface area contributed by atoms with E-state index in [0.717, 1.165) is 44.9 Å². The van der Waals surface area contributed by atoms with Crippen molar-refractivity contribution in [3.8, 4) is 11.5 Å². The third-order valence-corrected chi connectivity index (χ3v) is 7.70. The number of methoxy groups -OCH3 is 1. The molecule has 2 heterocycles. The fourth-order valence-electron chi connectivity index (χ4n) is 4.31. The minimum Gasteiger partial charge on any atom is -0.497 e. The van der Waals surface area contributed by atoms with Crippen LogP contribution < -0.4 is 24.0 Å². The van der Waals surface area contributed by atoms with Crippen LogP contribution in [0.2, 0.25) is 0 Å². The number of ether oxygens (including phenoxy) is 2. The molecule has 1 fully saturated rings. The van der Waals surface area contributed by atoms with Gasteiger partial charge in [-0.1, -0.05) is 0 Å². The zero-order valence-corrected chi connectivity index (χ0v) is 20.5. The summed E-state index contributed by atoms with van der Waals surface area (Å²) in [5.74, 6) is 1.23. The number of rotatable bonds is 8. The summed E-state index contributed by atoms with van der Waals surface area (Å²) in [6.07, 6.45) is 0.718. The van der Waals surface area contributed by atoms with Gasteiger partial charge < -0.3 is 19.3 Å². The van der Waals surface area contributed by atoms with Gasteiger partial charge in [0, 0.05) is 45.3 Å². The second-order valence-electron chi connectivity index (χ2n) is 8.43. The molecule has 1 saturated heterocycles. The molecular formula is C24H32N4O5S. The minimum absolute atomic E-state index is 0.135. The Labute approximate surface area is 201 Å². The van der Waals surface area contributed by atoms with Crippen molar-refractivity contribution in [3.05, 3.63) is 42.5 Å². The van der Waals surface area contributed by atoms with Gasteiger partial charge in [0.25, 0.3) is 0 Å². The molecule has 0 aromatic heterocycles. The molecule has 2 aliphatic rings. The molecule has 4 rings (SSSR count). The number of hydrogen-bond donors (Lipinski definition) is 1. The molecule has 0 bridgehead atoms. The lowest BCUT2D eigenvalue weighted by atomic mass is 10.2. The molecule has 0 atom stereocenters. The van der Waals surface area contributed by atoms with Crippen molar-refractivity contribution < 1.29 is 22.7 Å². The number of piperazine rings is 1. The smallest absolute Gasteiger partial charge is 0.240 e. The average molecular weight is 489 g/mol. The van der Waals surface area contributed by atoms with Gasteiger partial charge >= 0.3 is 0 Å². The van der Waals surface area contributed by atoms with Crippen molar-refractivity contribution in [1.29, 1.82) is 0 Å². The van der Waals surface area contributed by atoms with Crippen molar-refractivity contribution in [2.75, 3.05) is 69.3 Å². The van der Waals surface area contributed by atoms with Crippen LogP contribution in [0, 0.1) is 0 Å². The van der Waals surface area contributed by atoms with Crippen LogP contribution in [-0.2, 0) is 14.8 Å². The van der Waals surface area contributed by atoms with E-state index in [0.29, 0.717) is 31.1 Å². The summed E-state index contributed by atoms with van der Waals surface area (Å²) < 4.78 is 39.1. The molecule has 10 heteroatoms. The molecule has 0 radical (unpaired) electrons. The van der Waals surface area contributed by atoms with Gasteiger partial charge in [0.1, 0.15) is 18.1 Å². The number of benzene rings is 2. The first kappa shape index (κ1) is 24.3. The van der Waals surface area contributed by atoms with Crippen LogP contribution in [0.25, 0.3) is 0 Å². The summed E-state index contributed by atoms with van der Waals surface area (Å²) in [6.45, 7) is 7.18. The Kier molecular flexibility index (Phi) is 7.60. The van der Waals surface area contributed by atoms with Crippen molar-refractivity contribution >= 4 is 27.3 Å². The van der Waals surface area contributed by atoms with Crippen LogP contribution in [0.15, 0.2) is 47.4 Å². The van der Waals surface area contributed by atoms with Crippen LogP contribution in [0.5, 0.6) is 11.5 Å². The lowest BCUT2D eigenvalue weighted by Gasteiger charge is -2.36. The number of nitrogens with one attached hydrogen (secondary N) is 1. The number of carbonyl (C=O) groups excluding carboxylic acids is 1. The highest BCUT2D eigenvalue weighted by molar-refractivity contribution is 7.89. The maximum absolute atomic E-state index is 12.8. The van der Waals surface area contributed by atoms with E-state index in [1.54, 1.807) is 18.1 Å². The van der Waals surface area contributed by atoms with E-state index in [2.05, 4.69) is 26.7 Å². The van der Waals surface area contributed by atoms with Gasteiger partial charge in [-0.25, -0.2) is 13.1 Å². The van der Waals surface area contributed by atoms with Gasteiger partial charge in [0.2, 0.25) is 15.9 Å². The highest BCUT2D eigenvalue weighted by Crippen LogP contribution is 2.33. The van der Waals surface area contributed by atoms with Gasteiger partial charge in [-0.2, -0.15) is 0 Å². The number of carbonyl (C=O) groups is 1. The summed E-state index contributed by atoms with van der Waals surface area (Å²) in [5, 5.41) is 0. The fourth-order valence-corrected chi connectivity index (χ4v) is 5.40. The van der Waals surface area contributed by atoms with Crippen LogP contribution >= 0.6 is 0 Å². The molecule has 0 spiro atoms. The third kappa shape index (κ3) is 5.63. The van der Waals surface area contributed by atoms with Gasteiger partial charge in [-0.05, 0) is 55.4 Å². The predicted molar refractivity (Wildman–Crippen MR) is 131 cm³/mol. The zero-order valence-electron chi connectivity index (χ0n) is 19.7. The van der Waals surface area contributed by atoms with Gasteiger partial charge in [0.15, 0.2) is 0 Å². The monoisotopic (exact) mass is 488 g/mol. The molecular weight excluding hydrogens is 456 g/mol. The van der Waals surface area contributed by atoms with Gasteiger partial charge in [-0.3, -0.25) is 9.69 Å². The summed E-state index contributed by atoms with van der Waals surface area (Å²) >= 11 is 0. The van der Waals surface area contributed by atoms with Crippen LogP contribution in [0.3, 0.4) is 0 Å². The summed E-state index contributed by atoms with van der Waals surface area (Å²) in [5.41, 5.74) is 1.68. The van der Waals surface area contributed by atoms with E-state index in [1.807, 2.05) is 12.1 Å². The predicted octanol–water partition coefficient (Wildman–Crippen LogP) is 1.93. The van der Waals surface area contributed by atoms with Crippen LogP contribution in [0.1, 0.15) is 13.3 Å². The Bertz CT molecular complexity index is 1100. The van der Waals surface area contributed by atoms with Crippen molar-refractivity contribution in [2.24, 2.45) is 0 Å². The zero-order chi connectivity index (χ0) is 24.1. The van der Waals surface area contributed by atoms with E-state index < -0.39 is 10.0 Å². The Balaban J connectivity index is 1.25. The second kappa shape index (κ2) is 10.6. The molecule has 2 aromatic carbocycles. The summed E-state index contributed by atoms with van der Waals surface area (Å²) in [4.78, 5) is 18.3. The van der Waals surface area contributed by atoms with Crippen molar-refractivity contribution in [3.63, 3.8) is 0 Å². The molecule has 34 heavy (non-hydrogen) atoms. The Morgan fingerprint density at radius 2 is 1.79 bits per heavy atom. The maximum Gasteiger partial charge on any atom is 0.240 e. The lowest BCUT2D eigenvalue weighted by molar-refractivity contribution is -0.116. The largest absolute Gasteiger partial charge is 0.497 e. The normalized spacial score (nSPS) is 16.6. The first-order chi connectivity index (χ1) is 16.4. The number of fused-ring (bicyclic) bond motifs is 1. The number of amides is 1. The molecule has 184 valence electrons. The molecule has 0 unspecified atom stereocenters. The summed E-state index contributed by atoms with van der Waals surface area (Å²) in [7, 11) is -2.01. The van der Waals surface area contributed by atoms with E-state index in [9.17, 15) is 13.2 Å². The van der Waals surface area contributed by atoms with Gasteiger partial charge in [0.05, 0.1) is 24.2 Å². The van der Waals surface area contributed by atoms with Crippen LogP contribution in [-0.4, -0.2) is 78.8 Å². The van der Waals surface area contributed by atoms with Crippen LogP contribution in [0.4, 0.5) is 11.4 Å². The SMILES string of the molecule is COc1ccc(N2CCN(CCCNS(=O)(=O)c3ccc4c(c3)N(C(C)=O)CCO4)CC2)cc1. The van der Waals surface area contributed by atoms with E-state index in [-0.39, 0.29) is 10.8 Å². The van der Waals surface area contributed by atoms with E-state index in [1.165, 1.54) is 24.7 Å². The average Bonchev–Trinajstić information content (AvgIpc) is 2.86. The Morgan fingerprint density at radius 1 is 1.06 bits per heavy atom. The topological polar surface area (TPSA) is 91.4 Å². The molecule has 2 aromatic rings. The Hall–Kier alpha value is -2.82. The standard InChI is InChI=1S/C24H32N4O5S/c1-19(29)28-16-17-33-24-9-8-22(18-23(24)28)34(30,31)25-10-3-11-26-12-14-27(15-13-26)20-4-6-21(32-2)7-5-20/h4-9,18,25H,3,10-17H2,1-2H3. The number of anilines is 2. The molecule has 1 amide bonds. The number of nitrogens with zero attached hydrogens (tertiary/aromatic N) is 3. The summed E-state index contributed by atoms with van der Waals surface area (Å²) in [6, 6.07) is 12.7. The molecule has 1 N–H and O–H groups in total. The first-order valence-electron chi connectivity index (χ1n) is 11.5. The molecule has 2 aliphatic heterocycles. The third-order valence-electron chi connectivity index (χ3n) is 6.24. The molecule has 0 saturated carbocycles. The molecule has 0 aliphatic carbocycles. The second-order valence-corrected chi connectivity index (χ2v) is 10.2. The highest BCUT2D eigenvalue weighted by atomic mass is 32.2. The van der Waals surface area contributed by atoms with Crippen molar-refractivity contribution in [1.82, 2.24) is 9.62 Å². The quantitative estimate of drug-likeness (QED) is 0.568. The number of hydrogen-bond acceptors (Lipinski definition) is 7. The van der Waals surface area contributed by atoms with Crippen molar-refractivity contribution in [2.45, 2.75) is 18.2 Å². The first-order valence-corrected chi connectivity index (χ1v) is 13.0. The highest BCUT2D eigenvalue weighted by Gasteiger charge is 2.24.